The third kappa shape index (κ3) is 2.93. The second kappa shape index (κ2) is 5.56. The molecule has 1 atom stereocenters. The molecule has 0 saturated heterocycles. The smallest absolute Gasteiger partial charge is 0.251 e. The number of H-pyrrole nitrogens is 1. The van der Waals surface area contributed by atoms with Crippen LogP contribution in [0.2, 0.25) is 0 Å². The fraction of sp³-hybridized carbons (Fsp3) is 0.286. The number of carbonyl (C=O) groups excluding carboxylic acids is 1. The van der Waals surface area contributed by atoms with Gasteiger partial charge in [0.1, 0.15) is 5.82 Å². The van der Waals surface area contributed by atoms with Gasteiger partial charge < -0.3 is 16.0 Å². The molecule has 0 aliphatic carbocycles. The van der Waals surface area contributed by atoms with Gasteiger partial charge in [0, 0.05) is 23.6 Å². The molecular formula is C14H18N4O. The van der Waals surface area contributed by atoms with Gasteiger partial charge in [0.25, 0.3) is 5.91 Å². The number of amides is 1. The van der Waals surface area contributed by atoms with Crippen molar-refractivity contribution >= 4 is 11.6 Å². The number of carbonyl (C=O) groups is 1. The SMILES string of the molecule is CCC(NC(=O)c1ccc(C)c(N)c1)c1ncc[nH]1. The van der Waals surface area contributed by atoms with E-state index in [1.165, 1.54) is 0 Å². The molecule has 0 saturated carbocycles. The number of aryl methyl sites for hydroxylation is 1. The van der Waals surface area contributed by atoms with Crippen LogP contribution in [0, 0.1) is 6.92 Å². The number of nitrogens with zero attached hydrogens (tertiary/aromatic N) is 1. The number of anilines is 1. The van der Waals surface area contributed by atoms with Crippen molar-refractivity contribution in [2.75, 3.05) is 5.73 Å². The Balaban J connectivity index is 2.13. The minimum absolute atomic E-state index is 0.120. The lowest BCUT2D eigenvalue weighted by molar-refractivity contribution is 0.0934. The summed E-state index contributed by atoms with van der Waals surface area (Å²) in [7, 11) is 0. The van der Waals surface area contributed by atoms with Crippen molar-refractivity contribution in [3.05, 3.63) is 47.5 Å². The molecule has 19 heavy (non-hydrogen) atoms. The molecule has 0 aliphatic rings. The monoisotopic (exact) mass is 258 g/mol. The maximum atomic E-state index is 12.2. The van der Waals surface area contributed by atoms with Crippen molar-refractivity contribution in [1.29, 1.82) is 0 Å². The number of nitrogens with two attached hydrogens (primary N) is 1. The van der Waals surface area contributed by atoms with Crippen LogP contribution < -0.4 is 11.1 Å². The maximum absolute atomic E-state index is 12.2. The zero-order valence-electron chi connectivity index (χ0n) is 11.1. The number of aromatic nitrogens is 2. The summed E-state index contributed by atoms with van der Waals surface area (Å²) in [5.41, 5.74) is 7.97. The number of benzene rings is 1. The van der Waals surface area contributed by atoms with Gasteiger partial charge in [0.15, 0.2) is 0 Å². The number of hydrogen-bond acceptors (Lipinski definition) is 3. The van der Waals surface area contributed by atoms with E-state index in [-0.39, 0.29) is 11.9 Å². The summed E-state index contributed by atoms with van der Waals surface area (Å²) in [6.07, 6.45) is 4.18. The van der Waals surface area contributed by atoms with Crippen molar-refractivity contribution in [3.8, 4) is 0 Å². The van der Waals surface area contributed by atoms with E-state index in [1.807, 2.05) is 19.9 Å². The number of nitrogens with one attached hydrogen (secondary N) is 2. The molecule has 1 amide bonds. The van der Waals surface area contributed by atoms with Crippen LogP contribution in [0.1, 0.15) is 41.1 Å². The molecule has 0 radical (unpaired) electrons. The molecule has 1 unspecified atom stereocenters. The van der Waals surface area contributed by atoms with Crippen LogP contribution in [0.25, 0.3) is 0 Å². The highest BCUT2D eigenvalue weighted by atomic mass is 16.1. The van der Waals surface area contributed by atoms with E-state index in [2.05, 4.69) is 15.3 Å². The van der Waals surface area contributed by atoms with Crippen LogP contribution in [0.5, 0.6) is 0 Å². The number of nitrogen functional groups attached to an aromatic ring is 1. The van der Waals surface area contributed by atoms with Crippen LogP contribution in [-0.4, -0.2) is 15.9 Å². The highest BCUT2D eigenvalue weighted by Gasteiger charge is 2.16. The normalized spacial score (nSPS) is 12.1. The van der Waals surface area contributed by atoms with E-state index in [0.29, 0.717) is 11.3 Å². The minimum Gasteiger partial charge on any atom is -0.398 e. The Hall–Kier alpha value is -2.30. The Morgan fingerprint density at radius 1 is 1.53 bits per heavy atom. The van der Waals surface area contributed by atoms with E-state index >= 15 is 0 Å². The van der Waals surface area contributed by atoms with Crippen LogP contribution in [0.3, 0.4) is 0 Å². The van der Waals surface area contributed by atoms with Crippen LogP contribution >= 0.6 is 0 Å². The van der Waals surface area contributed by atoms with Gasteiger partial charge in [0.05, 0.1) is 6.04 Å². The summed E-state index contributed by atoms with van der Waals surface area (Å²) >= 11 is 0. The molecule has 0 fully saturated rings. The predicted molar refractivity (Wildman–Crippen MR) is 74.7 cm³/mol. The Morgan fingerprint density at radius 3 is 2.89 bits per heavy atom. The van der Waals surface area contributed by atoms with Gasteiger partial charge in [-0.3, -0.25) is 4.79 Å². The summed E-state index contributed by atoms with van der Waals surface area (Å²) in [5.74, 6) is 0.617. The molecule has 0 bridgehead atoms. The lowest BCUT2D eigenvalue weighted by Crippen LogP contribution is -2.29. The summed E-state index contributed by atoms with van der Waals surface area (Å²) in [5, 5.41) is 2.94. The van der Waals surface area contributed by atoms with Gasteiger partial charge in [-0.05, 0) is 31.0 Å². The van der Waals surface area contributed by atoms with Crippen molar-refractivity contribution in [3.63, 3.8) is 0 Å². The third-order valence-electron chi connectivity index (χ3n) is 3.10. The molecule has 4 N–H and O–H groups in total. The number of aromatic amines is 1. The highest BCUT2D eigenvalue weighted by Crippen LogP contribution is 2.16. The molecule has 0 spiro atoms. The Labute approximate surface area is 112 Å². The first-order chi connectivity index (χ1) is 9.11. The van der Waals surface area contributed by atoms with Gasteiger partial charge in [-0.25, -0.2) is 4.98 Å². The first-order valence-corrected chi connectivity index (χ1v) is 6.28. The molecule has 0 aliphatic heterocycles. The fourth-order valence-corrected chi connectivity index (χ4v) is 1.86. The topological polar surface area (TPSA) is 83.8 Å². The van der Waals surface area contributed by atoms with Crippen LogP contribution in [-0.2, 0) is 0 Å². The van der Waals surface area contributed by atoms with Gasteiger partial charge in [-0.15, -0.1) is 0 Å². The maximum Gasteiger partial charge on any atom is 0.251 e. The quantitative estimate of drug-likeness (QED) is 0.735. The lowest BCUT2D eigenvalue weighted by atomic mass is 10.1. The van der Waals surface area contributed by atoms with Crippen molar-refractivity contribution in [2.24, 2.45) is 0 Å². The summed E-state index contributed by atoms with van der Waals surface area (Å²) in [6, 6.07) is 5.19. The van der Waals surface area contributed by atoms with E-state index in [0.717, 1.165) is 17.8 Å². The van der Waals surface area contributed by atoms with E-state index < -0.39 is 0 Å². The molecule has 2 rings (SSSR count). The first-order valence-electron chi connectivity index (χ1n) is 6.28. The Kier molecular flexibility index (Phi) is 3.85. The molecule has 1 aromatic heterocycles. The zero-order chi connectivity index (χ0) is 13.8. The summed E-state index contributed by atoms with van der Waals surface area (Å²) in [6.45, 7) is 3.91. The van der Waals surface area contributed by atoms with Gasteiger partial charge in [0.2, 0.25) is 0 Å². The predicted octanol–water partition coefficient (Wildman–Crippen LogP) is 2.18. The molecular weight excluding hydrogens is 240 g/mol. The Morgan fingerprint density at radius 2 is 2.32 bits per heavy atom. The van der Waals surface area contributed by atoms with Gasteiger partial charge in [-0.2, -0.15) is 0 Å². The zero-order valence-corrected chi connectivity index (χ0v) is 11.1. The van der Waals surface area contributed by atoms with Crippen molar-refractivity contribution in [1.82, 2.24) is 15.3 Å². The number of imidazole rings is 1. The summed E-state index contributed by atoms with van der Waals surface area (Å²) in [4.78, 5) is 19.4. The van der Waals surface area contributed by atoms with Crippen LogP contribution in [0.15, 0.2) is 30.6 Å². The molecule has 5 nitrogen and oxygen atoms in total. The fourth-order valence-electron chi connectivity index (χ4n) is 1.86. The molecule has 1 heterocycles. The minimum atomic E-state index is -0.144. The third-order valence-corrected chi connectivity index (χ3v) is 3.10. The van der Waals surface area contributed by atoms with E-state index in [4.69, 9.17) is 5.73 Å². The molecule has 5 heteroatoms. The average molecular weight is 258 g/mol. The molecule has 100 valence electrons. The van der Waals surface area contributed by atoms with E-state index in [9.17, 15) is 4.79 Å². The van der Waals surface area contributed by atoms with Crippen molar-refractivity contribution < 1.29 is 4.79 Å². The lowest BCUT2D eigenvalue weighted by Gasteiger charge is -2.15. The van der Waals surface area contributed by atoms with Crippen molar-refractivity contribution in [2.45, 2.75) is 26.3 Å². The standard InChI is InChI=1S/C14H18N4O/c1-3-12(13-16-6-7-17-13)18-14(19)10-5-4-9(2)11(15)8-10/h4-8,12H,3,15H2,1-2H3,(H,16,17)(H,18,19). The molecule has 2 aromatic rings. The van der Waals surface area contributed by atoms with Gasteiger partial charge >= 0.3 is 0 Å². The van der Waals surface area contributed by atoms with E-state index in [1.54, 1.807) is 24.5 Å². The number of hydrogen-bond donors (Lipinski definition) is 3. The number of rotatable bonds is 4. The largest absolute Gasteiger partial charge is 0.398 e. The highest BCUT2D eigenvalue weighted by molar-refractivity contribution is 5.95. The summed E-state index contributed by atoms with van der Waals surface area (Å²) < 4.78 is 0. The van der Waals surface area contributed by atoms with Gasteiger partial charge in [-0.1, -0.05) is 13.0 Å². The Bertz CT molecular complexity index is 563. The second-order valence-electron chi connectivity index (χ2n) is 4.48. The average Bonchev–Trinajstić information content (AvgIpc) is 2.92. The van der Waals surface area contributed by atoms with Crippen LogP contribution in [0.4, 0.5) is 5.69 Å². The first kappa shape index (κ1) is 13.1. The second-order valence-corrected chi connectivity index (χ2v) is 4.48. The molecule has 1 aromatic carbocycles.